The maximum Gasteiger partial charge on any atom is 0.0994 e. The van der Waals surface area contributed by atoms with E-state index >= 15 is 0 Å². The first kappa shape index (κ1) is 12.2. The van der Waals surface area contributed by atoms with Gasteiger partial charge in [0, 0.05) is 13.1 Å². The molecule has 0 atom stereocenters. The molecule has 0 saturated carbocycles. The molecule has 4 nitrogen and oxygen atoms in total. The predicted octanol–water partition coefficient (Wildman–Crippen LogP) is 1.74. The molecule has 15 heavy (non-hydrogen) atoms. The molecule has 0 amide bonds. The highest BCUT2D eigenvalue weighted by molar-refractivity contribution is 5.10. The SMILES string of the molecule is CCCn1nnc(CN)c1CCC(C)C. The number of rotatable bonds is 6. The number of hydrogen-bond donors (Lipinski definition) is 1. The summed E-state index contributed by atoms with van der Waals surface area (Å²) in [7, 11) is 0. The van der Waals surface area contributed by atoms with E-state index in [1.54, 1.807) is 0 Å². The van der Waals surface area contributed by atoms with Gasteiger partial charge in [0.1, 0.15) is 0 Å². The molecule has 0 aliphatic rings. The molecule has 0 aliphatic heterocycles. The molecule has 0 aliphatic carbocycles. The Morgan fingerprint density at radius 3 is 2.67 bits per heavy atom. The van der Waals surface area contributed by atoms with E-state index in [4.69, 9.17) is 5.73 Å². The zero-order chi connectivity index (χ0) is 11.3. The molecule has 2 N–H and O–H groups in total. The molecular formula is C11H22N4. The predicted molar refractivity (Wildman–Crippen MR) is 61.4 cm³/mol. The molecule has 0 unspecified atom stereocenters. The van der Waals surface area contributed by atoms with E-state index in [1.165, 1.54) is 12.1 Å². The molecule has 0 fully saturated rings. The lowest BCUT2D eigenvalue weighted by Crippen LogP contribution is -2.08. The summed E-state index contributed by atoms with van der Waals surface area (Å²) in [5.74, 6) is 0.709. The van der Waals surface area contributed by atoms with Crippen molar-refractivity contribution >= 4 is 0 Å². The zero-order valence-electron chi connectivity index (χ0n) is 10.0. The van der Waals surface area contributed by atoms with Crippen molar-refractivity contribution in [2.75, 3.05) is 0 Å². The van der Waals surface area contributed by atoms with Crippen LogP contribution in [0.4, 0.5) is 0 Å². The van der Waals surface area contributed by atoms with E-state index in [1.807, 2.05) is 4.68 Å². The van der Waals surface area contributed by atoms with Crippen molar-refractivity contribution in [1.29, 1.82) is 0 Å². The highest BCUT2D eigenvalue weighted by Gasteiger charge is 2.11. The topological polar surface area (TPSA) is 56.7 Å². The van der Waals surface area contributed by atoms with Crippen molar-refractivity contribution < 1.29 is 0 Å². The Kier molecular flexibility index (Phi) is 4.75. The fraction of sp³-hybridized carbons (Fsp3) is 0.818. The van der Waals surface area contributed by atoms with Gasteiger partial charge < -0.3 is 5.73 Å². The van der Waals surface area contributed by atoms with Crippen LogP contribution in [0, 0.1) is 5.92 Å². The van der Waals surface area contributed by atoms with Gasteiger partial charge in [0.25, 0.3) is 0 Å². The Hall–Kier alpha value is -0.900. The largest absolute Gasteiger partial charge is 0.325 e. The van der Waals surface area contributed by atoms with Crippen molar-refractivity contribution in [1.82, 2.24) is 15.0 Å². The van der Waals surface area contributed by atoms with Crippen LogP contribution in [0.3, 0.4) is 0 Å². The number of aromatic nitrogens is 3. The summed E-state index contributed by atoms with van der Waals surface area (Å²) in [5, 5.41) is 8.26. The van der Waals surface area contributed by atoms with Crippen LogP contribution in [0.5, 0.6) is 0 Å². The average molecular weight is 210 g/mol. The van der Waals surface area contributed by atoms with Gasteiger partial charge >= 0.3 is 0 Å². The molecule has 86 valence electrons. The van der Waals surface area contributed by atoms with E-state index in [0.717, 1.165) is 25.1 Å². The Balaban J connectivity index is 2.75. The van der Waals surface area contributed by atoms with Crippen molar-refractivity contribution in [2.24, 2.45) is 11.7 Å². The monoisotopic (exact) mass is 210 g/mol. The molecule has 1 aromatic rings. The van der Waals surface area contributed by atoms with Crippen molar-refractivity contribution in [2.45, 2.75) is 53.1 Å². The molecule has 0 radical (unpaired) electrons. The van der Waals surface area contributed by atoms with Gasteiger partial charge in [-0.05, 0) is 25.2 Å². The molecule has 1 rings (SSSR count). The number of hydrogen-bond acceptors (Lipinski definition) is 3. The molecule has 1 heterocycles. The fourth-order valence-electron chi connectivity index (χ4n) is 1.62. The average Bonchev–Trinajstić information content (AvgIpc) is 2.58. The molecule has 0 saturated heterocycles. The minimum absolute atomic E-state index is 0.497. The van der Waals surface area contributed by atoms with Crippen molar-refractivity contribution in [3.63, 3.8) is 0 Å². The first-order chi connectivity index (χ1) is 7.19. The Morgan fingerprint density at radius 2 is 2.13 bits per heavy atom. The van der Waals surface area contributed by atoms with Crippen LogP contribution >= 0.6 is 0 Å². The lowest BCUT2D eigenvalue weighted by molar-refractivity contribution is 0.522. The summed E-state index contributed by atoms with van der Waals surface area (Å²) in [6, 6.07) is 0. The summed E-state index contributed by atoms with van der Waals surface area (Å²) in [6.45, 7) is 8.06. The summed E-state index contributed by atoms with van der Waals surface area (Å²) >= 11 is 0. The quantitative estimate of drug-likeness (QED) is 0.778. The second kappa shape index (κ2) is 5.85. The Labute approximate surface area is 91.9 Å². The maximum absolute atomic E-state index is 5.65. The first-order valence-corrected chi connectivity index (χ1v) is 5.80. The van der Waals surface area contributed by atoms with Gasteiger partial charge in [-0.2, -0.15) is 0 Å². The highest BCUT2D eigenvalue weighted by Crippen LogP contribution is 2.12. The molecule has 0 aromatic carbocycles. The van der Waals surface area contributed by atoms with Crippen LogP contribution in [0.25, 0.3) is 0 Å². The van der Waals surface area contributed by atoms with Crippen molar-refractivity contribution in [3.8, 4) is 0 Å². The summed E-state index contributed by atoms with van der Waals surface area (Å²) in [6.07, 6.45) is 3.29. The zero-order valence-corrected chi connectivity index (χ0v) is 10.0. The van der Waals surface area contributed by atoms with Crippen LogP contribution in [-0.2, 0) is 19.5 Å². The van der Waals surface area contributed by atoms with Gasteiger partial charge in [0.15, 0.2) is 0 Å². The smallest absolute Gasteiger partial charge is 0.0994 e. The molecule has 0 bridgehead atoms. The van der Waals surface area contributed by atoms with Gasteiger partial charge in [-0.25, -0.2) is 4.68 Å². The van der Waals surface area contributed by atoms with Gasteiger partial charge in [0.05, 0.1) is 11.4 Å². The van der Waals surface area contributed by atoms with E-state index in [-0.39, 0.29) is 0 Å². The molecule has 4 heteroatoms. The molecular weight excluding hydrogens is 188 g/mol. The van der Waals surface area contributed by atoms with Gasteiger partial charge in [0.2, 0.25) is 0 Å². The van der Waals surface area contributed by atoms with Crippen LogP contribution < -0.4 is 5.73 Å². The normalized spacial score (nSPS) is 11.3. The standard InChI is InChI=1S/C11H22N4/c1-4-7-15-11(6-5-9(2)3)10(8-12)13-14-15/h9H,4-8,12H2,1-3H3. The maximum atomic E-state index is 5.65. The minimum atomic E-state index is 0.497. The van der Waals surface area contributed by atoms with E-state index in [0.29, 0.717) is 12.5 Å². The highest BCUT2D eigenvalue weighted by atomic mass is 15.4. The van der Waals surface area contributed by atoms with Gasteiger partial charge in [-0.15, -0.1) is 5.10 Å². The molecule has 0 spiro atoms. The lowest BCUT2D eigenvalue weighted by Gasteiger charge is -2.08. The van der Waals surface area contributed by atoms with Crippen molar-refractivity contribution in [3.05, 3.63) is 11.4 Å². The first-order valence-electron chi connectivity index (χ1n) is 5.80. The second-order valence-electron chi connectivity index (χ2n) is 4.34. The summed E-state index contributed by atoms with van der Waals surface area (Å²) < 4.78 is 2.00. The Morgan fingerprint density at radius 1 is 1.40 bits per heavy atom. The van der Waals surface area contributed by atoms with Crippen LogP contribution in [0.1, 0.15) is 45.0 Å². The third-order valence-electron chi connectivity index (χ3n) is 2.51. The van der Waals surface area contributed by atoms with Gasteiger partial charge in [-0.3, -0.25) is 0 Å². The third-order valence-corrected chi connectivity index (χ3v) is 2.51. The summed E-state index contributed by atoms with van der Waals surface area (Å²) in [4.78, 5) is 0. The number of nitrogens with zero attached hydrogens (tertiary/aromatic N) is 3. The van der Waals surface area contributed by atoms with Crippen LogP contribution in [0.2, 0.25) is 0 Å². The van der Waals surface area contributed by atoms with Crippen LogP contribution in [0.15, 0.2) is 0 Å². The second-order valence-corrected chi connectivity index (χ2v) is 4.34. The Bertz CT molecular complexity index is 291. The fourth-order valence-corrected chi connectivity index (χ4v) is 1.62. The van der Waals surface area contributed by atoms with Gasteiger partial charge in [-0.1, -0.05) is 26.0 Å². The van der Waals surface area contributed by atoms with E-state index in [9.17, 15) is 0 Å². The van der Waals surface area contributed by atoms with E-state index < -0.39 is 0 Å². The minimum Gasteiger partial charge on any atom is -0.325 e. The number of aryl methyl sites for hydroxylation is 1. The van der Waals surface area contributed by atoms with Crippen LogP contribution in [-0.4, -0.2) is 15.0 Å². The number of nitrogens with two attached hydrogens (primary N) is 1. The molecule has 1 aromatic heterocycles. The summed E-state index contributed by atoms with van der Waals surface area (Å²) in [5.41, 5.74) is 7.84. The van der Waals surface area contributed by atoms with E-state index in [2.05, 4.69) is 31.1 Å². The lowest BCUT2D eigenvalue weighted by atomic mass is 10.1. The third kappa shape index (κ3) is 3.30.